The Morgan fingerprint density at radius 3 is 1.93 bits per heavy atom. The summed E-state index contributed by atoms with van der Waals surface area (Å²) in [6, 6.07) is 12.2. The van der Waals surface area contributed by atoms with Gasteiger partial charge in [0.25, 0.3) is 0 Å². The summed E-state index contributed by atoms with van der Waals surface area (Å²) in [4.78, 5) is 0. The number of ether oxygens (including phenoxy) is 6. The molecular weight excluding hydrogens is 415 g/mol. The molecule has 0 spiro atoms. The van der Waals surface area contributed by atoms with Gasteiger partial charge in [0.15, 0.2) is 0 Å². The third-order valence-corrected chi connectivity index (χ3v) is 6.85. The maximum atomic E-state index is 5.76. The minimum atomic E-state index is -0.382. The van der Waals surface area contributed by atoms with Gasteiger partial charge in [-0.15, -0.1) is 0 Å². The molecule has 7 heteroatoms. The van der Waals surface area contributed by atoms with E-state index in [0.29, 0.717) is 37.9 Å². The van der Waals surface area contributed by atoms with Crippen LogP contribution in [0.25, 0.3) is 0 Å². The van der Waals surface area contributed by atoms with Crippen molar-refractivity contribution in [2.24, 2.45) is 0 Å². The molecule has 0 aliphatic carbocycles. The van der Waals surface area contributed by atoms with Crippen LogP contribution in [0.1, 0.15) is 23.7 Å². The molecule has 2 fully saturated rings. The summed E-state index contributed by atoms with van der Waals surface area (Å²) in [5.41, 5.74) is 2.05. The van der Waals surface area contributed by atoms with E-state index in [2.05, 4.69) is 12.1 Å². The van der Waals surface area contributed by atoms with Gasteiger partial charge >= 0.3 is 165 Å². The standard InChI is InChI=1S/C20H22O6Se/c1-21-15-11-14(20-25-9-10-26-20)18(12-16(15)22-2)27-17-6-4-3-5-13(17)19-23-7-8-24-19/h3-6,11-12,19-20H,7-10H2,1-2H3. The van der Waals surface area contributed by atoms with Crippen LogP contribution in [0.15, 0.2) is 36.4 Å². The van der Waals surface area contributed by atoms with Crippen molar-refractivity contribution in [3.05, 3.63) is 47.5 Å². The third-order valence-electron chi connectivity index (χ3n) is 4.41. The van der Waals surface area contributed by atoms with Gasteiger partial charge in [0.05, 0.1) is 0 Å². The molecule has 144 valence electrons. The molecule has 2 heterocycles. The van der Waals surface area contributed by atoms with Crippen LogP contribution in [0, 0.1) is 0 Å². The zero-order valence-corrected chi connectivity index (χ0v) is 17.0. The number of rotatable bonds is 6. The average Bonchev–Trinajstić information content (AvgIpc) is 3.42. The second-order valence-corrected chi connectivity index (χ2v) is 8.31. The molecule has 0 amide bonds. The summed E-state index contributed by atoms with van der Waals surface area (Å²) in [6.07, 6.45) is -0.682. The van der Waals surface area contributed by atoms with E-state index < -0.39 is 0 Å². The van der Waals surface area contributed by atoms with Crippen LogP contribution in [-0.2, 0) is 18.9 Å². The van der Waals surface area contributed by atoms with Crippen LogP contribution in [0.2, 0.25) is 0 Å². The normalized spacial score (nSPS) is 18.1. The quantitative estimate of drug-likeness (QED) is 0.638. The molecule has 0 aromatic heterocycles. The molecule has 2 aliphatic heterocycles. The molecule has 0 saturated carbocycles. The molecule has 4 rings (SSSR count). The Labute approximate surface area is 164 Å². The predicted octanol–water partition coefficient (Wildman–Crippen LogP) is 1.45. The van der Waals surface area contributed by atoms with Gasteiger partial charge in [0.1, 0.15) is 0 Å². The summed E-state index contributed by atoms with van der Waals surface area (Å²) < 4.78 is 36.3. The van der Waals surface area contributed by atoms with Crippen LogP contribution < -0.4 is 18.4 Å². The topological polar surface area (TPSA) is 55.4 Å². The molecule has 0 unspecified atom stereocenters. The summed E-state index contributed by atoms with van der Waals surface area (Å²) in [5, 5.41) is 0. The van der Waals surface area contributed by atoms with E-state index in [1.165, 1.54) is 4.46 Å². The summed E-state index contributed by atoms with van der Waals surface area (Å²) in [6.45, 7) is 2.42. The van der Waals surface area contributed by atoms with Crippen molar-refractivity contribution in [1.82, 2.24) is 0 Å². The van der Waals surface area contributed by atoms with Gasteiger partial charge in [-0.1, -0.05) is 0 Å². The molecular formula is C20H22O6Se. The van der Waals surface area contributed by atoms with Crippen molar-refractivity contribution in [3.8, 4) is 11.5 Å². The van der Waals surface area contributed by atoms with Crippen LogP contribution in [0.4, 0.5) is 0 Å². The molecule has 0 radical (unpaired) electrons. The van der Waals surface area contributed by atoms with Crippen LogP contribution in [-0.4, -0.2) is 55.6 Å². The molecule has 2 aliphatic rings. The van der Waals surface area contributed by atoms with E-state index in [-0.39, 0.29) is 27.5 Å². The van der Waals surface area contributed by atoms with Gasteiger partial charge < -0.3 is 0 Å². The van der Waals surface area contributed by atoms with Gasteiger partial charge in [-0.25, -0.2) is 0 Å². The van der Waals surface area contributed by atoms with Crippen LogP contribution in [0.3, 0.4) is 0 Å². The molecule has 2 aromatic carbocycles. The summed E-state index contributed by atoms with van der Waals surface area (Å²) in [5.74, 6) is 1.36. The summed E-state index contributed by atoms with van der Waals surface area (Å²) in [7, 11) is 3.28. The molecule has 2 saturated heterocycles. The number of methoxy groups -OCH3 is 2. The Balaban J connectivity index is 1.72. The molecule has 0 N–H and O–H groups in total. The molecule has 0 bridgehead atoms. The third kappa shape index (κ3) is 3.99. The molecule has 27 heavy (non-hydrogen) atoms. The first-order valence-electron chi connectivity index (χ1n) is 8.79. The van der Waals surface area contributed by atoms with Gasteiger partial charge in [-0.2, -0.15) is 0 Å². The van der Waals surface area contributed by atoms with Gasteiger partial charge in [0, 0.05) is 0 Å². The Morgan fingerprint density at radius 2 is 1.30 bits per heavy atom. The van der Waals surface area contributed by atoms with Gasteiger partial charge in [0.2, 0.25) is 0 Å². The molecule has 6 nitrogen and oxygen atoms in total. The zero-order valence-electron chi connectivity index (χ0n) is 15.3. The van der Waals surface area contributed by atoms with Crippen molar-refractivity contribution >= 4 is 23.9 Å². The van der Waals surface area contributed by atoms with E-state index >= 15 is 0 Å². The Bertz CT molecular complexity index is 784. The van der Waals surface area contributed by atoms with Gasteiger partial charge in [-0.05, 0) is 0 Å². The van der Waals surface area contributed by atoms with Crippen molar-refractivity contribution in [2.75, 3.05) is 40.6 Å². The zero-order chi connectivity index (χ0) is 18.6. The van der Waals surface area contributed by atoms with Crippen molar-refractivity contribution in [2.45, 2.75) is 12.6 Å². The fourth-order valence-corrected chi connectivity index (χ4v) is 5.43. The number of benzene rings is 2. The Hall–Kier alpha value is -1.60. The van der Waals surface area contributed by atoms with E-state index in [1.54, 1.807) is 14.2 Å². The SMILES string of the molecule is COc1cc([Se]c2ccccc2C2OCCO2)c(C2OCCO2)cc1OC. The van der Waals surface area contributed by atoms with Crippen LogP contribution >= 0.6 is 0 Å². The molecule has 0 atom stereocenters. The first-order valence-corrected chi connectivity index (χ1v) is 10.5. The fraction of sp³-hybridized carbons (Fsp3) is 0.400. The average molecular weight is 437 g/mol. The first-order chi connectivity index (χ1) is 13.3. The van der Waals surface area contributed by atoms with E-state index in [4.69, 9.17) is 28.4 Å². The van der Waals surface area contributed by atoms with Crippen LogP contribution in [0.5, 0.6) is 11.5 Å². The first kappa shape index (κ1) is 18.7. The minimum absolute atomic E-state index is 0.0178. The molecule has 2 aromatic rings. The summed E-state index contributed by atoms with van der Waals surface area (Å²) >= 11 is -0.0178. The van der Waals surface area contributed by atoms with E-state index in [9.17, 15) is 0 Å². The number of hydrogen-bond donors (Lipinski definition) is 0. The Morgan fingerprint density at radius 1 is 0.741 bits per heavy atom. The van der Waals surface area contributed by atoms with Crippen molar-refractivity contribution < 1.29 is 28.4 Å². The van der Waals surface area contributed by atoms with Crippen molar-refractivity contribution in [3.63, 3.8) is 0 Å². The monoisotopic (exact) mass is 438 g/mol. The second kappa shape index (κ2) is 8.61. The van der Waals surface area contributed by atoms with E-state index in [1.807, 2.05) is 24.3 Å². The predicted molar refractivity (Wildman–Crippen MR) is 100 cm³/mol. The number of hydrogen-bond acceptors (Lipinski definition) is 6. The van der Waals surface area contributed by atoms with E-state index in [0.717, 1.165) is 15.6 Å². The maximum absolute atomic E-state index is 5.76. The van der Waals surface area contributed by atoms with Gasteiger partial charge in [-0.3, -0.25) is 0 Å². The Kier molecular flexibility index (Phi) is 5.98. The fourth-order valence-electron chi connectivity index (χ4n) is 3.11. The second-order valence-electron chi connectivity index (χ2n) is 6.03. The van der Waals surface area contributed by atoms with Crippen molar-refractivity contribution in [1.29, 1.82) is 0 Å².